The van der Waals surface area contributed by atoms with E-state index >= 15 is 0 Å². The molecule has 1 amide bonds. The van der Waals surface area contributed by atoms with Crippen LogP contribution in [-0.4, -0.2) is 58.1 Å². The summed E-state index contributed by atoms with van der Waals surface area (Å²) >= 11 is 0. The lowest BCUT2D eigenvalue weighted by Crippen LogP contribution is -2.52. The van der Waals surface area contributed by atoms with Crippen LogP contribution < -0.4 is 5.32 Å². The summed E-state index contributed by atoms with van der Waals surface area (Å²) in [5, 5.41) is 21.4. The van der Waals surface area contributed by atoms with Gasteiger partial charge in [0.2, 0.25) is 5.91 Å². The number of rotatable bonds is 9. The van der Waals surface area contributed by atoms with Crippen LogP contribution in [0.5, 0.6) is 0 Å². The third-order valence-electron chi connectivity index (χ3n) is 4.61. The highest BCUT2D eigenvalue weighted by Gasteiger charge is 2.31. The average Bonchev–Trinajstić information content (AvgIpc) is 2.77. The lowest BCUT2D eigenvalue weighted by Gasteiger charge is -2.26. The second kappa shape index (κ2) is 9.91. The number of nitrogens with zero attached hydrogens (tertiary/aromatic N) is 1. The summed E-state index contributed by atoms with van der Waals surface area (Å²) < 4.78 is 0. The molecule has 0 aromatic heterocycles. The van der Waals surface area contributed by atoms with Gasteiger partial charge in [0, 0.05) is 6.54 Å². The molecular weight excluding hydrogens is 336 g/mol. The molecule has 0 bridgehead atoms. The van der Waals surface area contributed by atoms with Crippen LogP contribution in [0.3, 0.4) is 0 Å². The fourth-order valence-electron chi connectivity index (χ4n) is 3.26. The highest BCUT2D eigenvalue weighted by Crippen LogP contribution is 2.14. The molecule has 7 nitrogen and oxygen atoms in total. The average molecular weight is 362 g/mol. The Morgan fingerprint density at radius 3 is 2.58 bits per heavy atom. The summed E-state index contributed by atoms with van der Waals surface area (Å²) in [6.45, 7) is 0.0534. The van der Waals surface area contributed by atoms with Crippen molar-refractivity contribution in [2.24, 2.45) is 0 Å². The van der Waals surface area contributed by atoms with Crippen molar-refractivity contribution in [3.8, 4) is 0 Å². The maximum atomic E-state index is 12.5. The molecule has 0 saturated carbocycles. The Labute approximate surface area is 153 Å². The molecule has 7 heteroatoms. The first-order valence-corrected chi connectivity index (χ1v) is 9.00. The van der Waals surface area contributed by atoms with Crippen molar-refractivity contribution >= 4 is 17.8 Å². The van der Waals surface area contributed by atoms with Gasteiger partial charge in [0.05, 0.1) is 6.04 Å². The predicted molar refractivity (Wildman–Crippen MR) is 95.8 cm³/mol. The minimum absolute atomic E-state index is 0.320. The number of aliphatic carboxylic acids is 2. The zero-order valence-electron chi connectivity index (χ0n) is 14.8. The monoisotopic (exact) mass is 362 g/mol. The van der Waals surface area contributed by atoms with Crippen LogP contribution in [-0.2, 0) is 20.8 Å². The molecule has 26 heavy (non-hydrogen) atoms. The number of likely N-dealkylation sites (tertiary alicyclic amines) is 1. The number of carboxylic acids is 2. The van der Waals surface area contributed by atoms with E-state index in [1.807, 2.05) is 30.3 Å². The lowest BCUT2D eigenvalue weighted by atomic mass is 10.0. The van der Waals surface area contributed by atoms with Gasteiger partial charge in [-0.05, 0) is 44.1 Å². The Balaban J connectivity index is 1.93. The highest BCUT2D eigenvalue weighted by atomic mass is 16.4. The smallest absolute Gasteiger partial charge is 0.323 e. The van der Waals surface area contributed by atoms with Crippen molar-refractivity contribution in [1.29, 1.82) is 0 Å². The van der Waals surface area contributed by atoms with Crippen LogP contribution in [0.25, 0.3) is 0 Å². The van der Waals surface area contributed by atoms with E-state index in [0.29, 0.717) is 25.8 Å². The van der Waals surface area contributed by atoms with Gasteiger partial charge in [-0.1, -0.05) is 30.3 Å². The topological polar surface area (TPSA) is 107 Å². The summed E-state index contributed by atoms with van der Waals surface area (Å²) in [4.78, 5) is 36.4. The highest BCUT2D eigenvalue weighted by molar-refractivity contribution is 5.86. The van der Waals surface area contributed by atoms with Crippen molar-refractivity contribution < 1.29 is 24.6 Å². The quantitative estimate of drug-likeness (QED) is 0.615. The van der Waals surface area contributed by atoms with Gasteiger partial charge in [0.1, 0.15) is 12.6 Å². The van der Waals surface area contributed by atoms with E-state index in [4.69, 9.17) is 5.11 Å². The van der Waals surface area contributed by atoms with E-state index in [-0.39, 0.29) is 12.5 Å². The van der Waals surface area contributed by atoms with E-state index in [1.165, 1.54) is 4.90 Å². The predicted octanol–water partition coefficient (Wildman–Crippen LogP) is 1.52. The first-order chi connectivity index (χ1) is 12.5. The van der Waals surface area contributed by atoms with Gasteiger partial charge < -0.3 is 15.1 Å². The molecule has 3 N–H and O–H groups in total. The largest absolute Gasteiger partial charge is 0.480 e. The Morgan fingerprint density at radius 1 is 1.19 bits per heavy atom. The number of aryl methyl sites for hydroxylation is 1. The first kappa shape index (κ1) is 19.9. The third-order valence-corrected chi connectivity index (χ3v) is 4.61. The molecule has 1 fully saturated rings. The van der Waals surface area contributed by atoms with Crippen LogP contribution >= 0.6 is 0 Å². The number of hydrogen-bond donors (Lipinski definition) is 3. The molecule has 2 atom stereocenters. The molecule has 0 aliphatic carbocycles. The fourth-order valence-corrected chi connectivity index (χ4v) is 3.26. The van der Waals surface area contributed by atoms with Gasteiger partial charge in [0.25, 0.3) is 0 Å². The van der Waals surface area contributed by atoms with Gasteiger partial charge in [-0.25, -0.2) is 0 Å². The molecule has 1 aromatic carbocycles. The Kier molecular flexibility index (Phi) is 7.59. The zero-order valence-corrected chi connectivity index (χ0v) is 14.8. The van der Waals surface area contributed by atoms with Crippen molar-refractivity contribution in [2.45, 2.75) is 50.6 Å². The molecule has 1 aromatic rings. The van der Waals surface area contributed by atoms with E-state index in [1.54, 1.807) is 0 Å². The Morgan fingerprint density at radius 2 is 1.92 bits per heavy atom. The number of carbonyl (C=O) groups is 3. The molecule has 1 aliphatic rings. The van der Waals surface area contributed by atoms with Gasteiger partial charge in [0.15, 0.2) is 0 Å². The molecule has 1 aliphatic heterocycles. The van der Waals surface area contributed by atoms with E-state index in [0.717, 1.165) is 24.8 Å². The van der Waals surface area contributed by atoms with Crippen LogP contribution in [0.2, 0.25) is 0 Å². The summed E-state index contributed by atoms with van der Waals surface area (Å²) in [5.74, 6) is -2.37. The van der Waals surface area contributed by atoms with E-state index in [9.17, 15) is 19.5 Å². The minimum atomic E-state index is -1.06. The number of amides is 1. The standard InChI is InChI=1S/C19H26N2O5/c22-17(23)13-21-12-5-4-10-15(18(21)24)20-16(19(25)26)11-6-9-14-7-2-1-3-8-14/h1-3,7-8,15-16,20H,4-6,9-13H2,(H,22,23)(H,25,26)/t15-,16?/m0/s1. The zero-order chi connectivity index (χ0) is 18.9. The van der Waals surface area contributed by atoms with Crippen molar-refractivity contribution in [1.82, 2.24) is 10.2 Å². The summed E-state index contributed by atoms with van der Waals surface area (Å²) in [6, 6.07) is 8.37. The number of carbonyl (C=O) groups excluding carboxylic acids is 1. The van der Waals surface area contributed by atoms with Crippen LogP contribution in [0.4, 0.5) is 0 Å². The molecule has 1 saturated heterocycles. The number of benzene rings is 1. The number of hydrogen-bond acceptors (Lipinski definition) is 4. The van der Waals surface area contributed by atoms with E-state index in [2.05, 4.69) is 5.32 Å². The molecular formula is C19H26N2O5. The van der Waals surface area contributed by atoms with Crippen molar-refractivity contribution in [3.63, 3.8) is 0 Å². The van der Waals surface area contributed by atoms with Crippen LogP contribution in [0.15, 0.2) is 30.3 Å². The Bertz CT molecular complexity index is 620. The molecule has 0 spiro atoms. The van der Waals surface area contributed by atoms with Crippen LogP contribution in [0.1, 0.15) is 37.7 Å². The molecule has 0 radical (unpaired) electrons. The number of carboxylic acid groups (broad SMARTS) is 2. The van der Waals surface area contributed by atoms with Gasteiger partial charge in [-0.3, -0.25) is 19.7 Å². The maximum absolute atomic E-state index is 12.5. The summed E-state index contributed by atoms with van der Waals surface area (Å²) in [7, 11) is 0. The number of nitrogens with one attached hydrogen (secondary N) is 1. The first-order valence-electron chi connectivity index (χ1n) is 9.00. The molecule has 1 unspecified atom stereocenters. The second-order valence-electron chi connectivity index (χ2n) is 6.64. The maximum Gasteiger partial charge on any atom is 0.323 e. The normalized spacial score (nSPS) is 19.0. The molecule has 2 rings (SSSR count). The van der Waals surface area contributed by atoms with Crippen molar-refractivity contribution in [3.05, 3.63) is 35.9 Å². The molecule has 142 valence electrons. The van der Waals surface area contributed by atoms with Gasteiger partial charge >= 0.3 is 11.9 Å². The SMILES string of the molecule is O=C(O)CN1CCCC[C@H](NC(CCCc2ccccc2)C(=O)O)C1=O. The molecule has 1 heterocycles. The minimum Gasteiger partial charge on any atom is -0.480 e. The third kappa shape index (κ3) is 6.15. The van der Waals surface area contributed by atoms with E-state index < -0.39 is 24.0 Å². The fraction of sp³-hybridized carbons (Fsp3) is 0.526. The summed E-state index contributed by atoms with van der Waals surface area (Å²) in [6.07, 6.45) is 3.88. The van der Waals surface area contributed by atoms with Crippen LogP contribution in [0, 0.1) is 0 Å². The Hall–Kier alpha value is -2.41. The second-order valence-corrected chi connectivity index (χ2v) is 6.64. The van der Waals surface area contributed by atoms with Gasteiger partial charge in [-0.2, -0.15) is 0 Å². The van der Waals surface area contributed by atoms with Gasteiger partial charge in [-0.15, -0.1) is 0 Å². The lowest BCUT2D eigenvalue weighted by molar-refractivity contribution is -0.146. The summed E-state index contributed by atoms with van der Waals surface area (Å²) in [5.41, 5.74) is 1.15. The van der Waals surface area contributed by atoms with Crippen molar-refractivity contribution in [2.75, 3.05) is 13.1 Å².